The molecule has 0 aromatic carbocycles. The summed E-state index contributed by atoms with van der Waals surface area (Å²) < 4.78 is 16.6. The Bertz CT molecular complexity index is 422. The summed E-state index contributed by atoms with van der Waals surface area (Å²) >= 11 is 0. The summed E-state index contributed by atoms with van der Waals surface area (Å²) in [4.78, 5) is 12.6. The molecule has 0 bridgehead atoms. The maximum absolute atomic E-state index is 5.80. The van der Waals surface area contributed by atoms with Crippen molar-refractivity contribution in [2.75, 3.05) is 25.1 Å². The van der Waals surface area contributed by atoms with E-state index in [1.807, 2.05) is 20.8 Å². The Morgan fingerprint density at radius 2 is 1.90 bits per heavy atom. The van der Waals surface area contributed by atoms with Crippen molar-refractivity contribution < 1.29 is 14.2 Å². The number of ether oxygens (including phenoxy) is 3. The summed E-state index contributed by atoms with van der Waals surface area (Å²) in [6.07, 6.45) is 1.79. The summed E-state index contributed by atoms with van der Waals surface area (Å²) in [5.41, 5.74) is 0. The van der Waals surface area contributed by atoms with Gasteiger partial charge in [0.25, 0.3) is 0 Å². The molecule has 7 nitrogen and oxygen atoms in total. The molecule has 1 N–H and O–H groups in total. The van der Waals surface area contributed by atoms with Crippen LogP contribution in [0.2, 0.25) is 0 Å². The predicted molar refractivity (Wildman–Crippen MR) is 74.2 cm³/mol. The normalized spacial score (nSPS) is 16.2. The van der Waals surface area contributed by atoms with Crippen molar-refractivity contribution in [2.24, 2.45) is 0 Å². The lowest BCUT2D eigenvalue weighted by molar-refractivity contribution is 0.0212. The van der Waals surface area contributed by atoms with E-state index in [1.54, 1.807) is 0 Å². The number of hydrogen-bond acceptors (Lipinski definition) is 7. The van der Waals surface area contributed by atoms with Crippen LogP contribution in [-0.4, -0.2) is 46.9 Å². The molecule has 112 valence electrons. The van der Waals surface area contributed by atoms with E-state index in [0.717, 1.165) is 19.4 Å². The van der Waals surface area contributed by atoms with Gasteiger partial charge in [-0.1, -0.05) is 0 Å². The smallest absolute Gasteiger partial charge is 0.324 e. The molecular weight excluding hydrogens is 260 g/mol. The third-order valence-electron chi connectivity index (χ3n) is 2.71. The second kappa shape index (κ2) is 7.23. The molecule has 0 aliphatic carbocycles. The third kappa shape index (κ3) is 4.48. The van der Waals surface area contributed by atoms with Gasteiger partial charge in [-0.3, -0.25) is 0 Å². The number of nitrogens with one attached hydrogen (secondary N) is 1. The fraction of sp³-hybridized carbons (Fsp3) is 0.769. The van der Waals surface area contributed by atoms with Gasteiger partial charge in [0.05, 0.1) is 19.3 Å². The molecule has 1 saturated heterocycles. The molecule has 20 heavy (non-hydrogen) atoms. The monoisotopic (exact) mass is 282 g/mol. The van der Waals surface area contributed by atoms with Crippen molar-refractivity contribution in [3.8, 4) is 12.0 Å². The first kappa shape index (κ1) is 14.8. The van der Waals surface area contributed by atoms with Crippen molar-refractivity contribution in [2.45, 2.75) is 45.8 Å². The summed E-state index contributed by atoms with van der Waals surface area (Å²) in [6, 6.07) is 0.589. The van der Waals surface area contributed by atoms with Crippen molar-refractivity contribution >= 4 is 5.95 Å². The van der Waals surface area contributed by atoms with Crippen LogP contribution >= 0.6 is 0 Å². The molecule has 0 saturated carbocycles. The minimum Gasteiger partial charge on any atom is -0.461 e. The summed E-state index contributed by atoms with van der Waals surface area (Å²) in [6.45, 7) is 7.98. The summed E-state index contributed by atoms with van der Waals surface area (Å²) in [7, 11) is 0. The average Bonchev–Trinajstić information content (AvgIpc) is 2.39. The Labute approximate surface area is 119 Å². The lowest BCUT2D eigenvalue weighted by atomic mass is 10.2. The molecule has 2 rings (SSSR count). The fourth-order valence-electron chi connectivity index (χ4n) is 1.83. The molecule has 0 unspecified atom stereocenters. The highest BCUT2D eigenvalue weighted by Gasteiger charge is 2.18. The van der Waals surface area contributed by atoms with Crippen molar-refractivity contribution in [1.29, 1.82) is 0 Å². The number of aromatic nitrogens is 3. The molecule has 1 aliphatic heterocycles. The molecule has 0 radical (unpaired) electrons. The second-order valence-corrected chi connectivity index (χ2v) is 4.85. The van der Waals surface area contributed by atoms with Crippen LogP contribution < -0.4 is 14.8 Å². The highest BCUT2D eigenvalue weighted by molar-refractivity contribution is 5.27. The number of nitrogens with zero attached hydrogens (tertiary/aromatic N) is 3. The highest BCUT2D eigenvalue weighted by atomic mass is 16.5. The van der Waals surface area contributed by atoms with E-state index in [1.165, 1.54) is 0 Å². The maximum Gasteiger partial charge on any atom is 0.324 e. The largest absolute Gasteiger partial charge is 0.461 e. The third-order valence-corrected chi connectivity index (χ3v) is 2.71. The standard InChI is InChI=1S/C13H22N4O3/c1-4-14-11-15-12(19-9(2)3)17-13(16-11)20-10-5-7-18-8-6-10/h9-10H,4-8H2,1-3H3,(H,14,15,16,17). The van der Waals surface area contributed by atoms with E-state index in [4.69, 9.17) is 14.2 Å². The molecule has 0 spiro atoms. The first-order valence-electron chi connectivity index (χ1n) is 7.08. The van der Waals surface area contributed by atoms with Crippen molar-refractivity contribution in [1.82, 2.24) is 15.0 Å². The topological polar surface area (TPSA) is 78.4 Å². The van der Waals surface area contributed by atoms with E-state index >= 15 is 0 Å². The molecule has 1 aromatic heterocycles. The maximum atomic E-state index is 5.80. The first-order valence-corrected chi connectivity index (χ1v) is 7.08. The lowest BCUT2D eigenvalue weighted by Gasteiger charge is -2.22. The molecule has 1 aliphatic rings. The Morgan fingerprint density at radius 1 is 1.20 bits per heavy atom. The van der Waals surface area contributed by atoms with Gasteiger partial charge in [-0.25, -0.2) is 0 Å². The molecule has 2 heterocycles. The molecule has 0 amide bonds. The lowest BCUT2D eigenvalue weighted by Crippen LogP contribution is -2.27. The van der Waals surface area contributed by atoms with Gasteiger partial charge in [-0.05, 0) is 20.8 Å². The van der Waals surface area contributed by atoms with Crippen LogP contribution in [0.25, 0.3) is 0 Å². The van der Waals surface area contributed by atoms with Crippen LogP contribution in [0, 0.1) is 0 Å². The minimum absolute atomic E-state index is 0.00260. The zero-order chi connectivity index (χ0) is 14.4. The number of hydrogen-bond donors (Lipinski definition) is 1. The first-order chi connectivity index (χ1) is 9.67. The Kier molecular flexibility index (Phi) is 5.34. The van der Waals surface area contributed by atoms with E-state index in [0.29, 0.717) is 25.2 Å². The second-order valence-electron chi connectivity index (χ2n) is 4.85. The van der Waals surface area contributed by atoms with Gasteiger partial charge in [0, 0.05) is 19.4 Å². The predicted octanol–water partition coefficient (Wildman–Crippen LogP) is 1.65. The summed E-state index contributed by atoms with van der Waals surface area (Å²) in [5, 5.41) is 3.05. The van der Waals surface area contributed by atoms with Crippen LogP contribution in [0.5, 0.6) is 12.0 Å². The van der Waals surface area contributed by atoms with Gasteiger partial charge >= 0.3 is 12.0 Å². The quantitative estimate of drug-likeness (QED) is 0.849. The van der Waals surface area contributed by atoms with Gasteiger partial charge in [-0.15, -0.1) is 4.98 Å². The van der Waals surface area contributed by atoms with Crippen molar-refractivity contribution in [3.05, 3.63) is 0 Å². The Hall–Kier alpha value is -1.63. The number of rotatable bonds is 6. The fourth-order valence-corrected chi connectivity index (χ4v) is 1.83. The van der Waals surface area contributed by atoms with Crippen LogP contribution in [0.1, 0.15) is 33.6 Å². The zero-order valence-corrected chi connectivity index (χ0v) is 12.3. The SMILES string of the molecule is CCNc1nc(OC(C)C)nc(OC2CCOCC2)n1. The van der Waals surface area contributed by atoms with Crippen LogP contribution in [0.15, 0.2) is 0 Å². The Balaban J connectivity index is 2.10. The summed E-state index contributed by atoms with van der Waals surface area (Å²) in [5.74, 6) is 0.472. The van der Waals surface area contributed by atoms with Gasteiger partial charge in [0.15, 0.2) is 0 Å². The highest BCUT2D eigenvalue weighted by Crippen LogP contribution is 2.18. The van der Waals surface area contributed by atoms with E-state index in [-0.39, 0.29) is 18.2 Å². The van der Waals surface area contributed by atoms with E-state index in [2.05, 4.69) is 20.3 Å². The molecule has 1 fully saturated rings. The van der Waals surface area contributed by atoms with Gasteiger partial charge in [0.1, 0.15) is 6.10 Å². The molecular formula is C13H22N4O3. The van der Waals surface area contributed by atoms with E-state index in [9.17, 15) is 0 Å². The zero-order valence-electron chi connectivity index (χ0n) is 12.3. The Morgan fingerprint density at radius 3 is 2.55 bits per heavy atom. The van der Waals surface area contributed by atoms with Gasteiger partial charge < -0.3 is 19.5 Å². The minimum atomic E-state index is 0.00260. The van der Waals surface area contributed by atoms with Crippen LogP contribution in [0.3, 0.4) is 0 Å². The van der Waals surface area contributed by atoms with Crippen molar-refractivity contribution in [3.63, 3.8) is 0 Å². The number of anilines is 1. The molecule has 7 heteroatoms. The molecule has 0 atom stereocenters. The van der Waals surface area contributed by atoms with E-state index < -0.39 is 0 Å². The average molecular weight is 282 g/mol. The van der Waals surface area contributed by atoms with Crippen LogP contribution in [0.4, 0.5) is 5.95 Å². The molecule has 1 aromatic rings. The van der Waals surface area contributed by atoms with Gasteiger partial charge in [-0.2, -0.15) is 9.97 Å². The van der Waals surface area contributed by atoms with Crippen LogP contribution in [-0.2, 0) is 4.74 Å². The van der Waals surface area contributed by atoms with Gasteiger partial charge in [0.2, 0.25) is 5.95 Å².